The van der Waals surface area contributed by atoms with Crippen molar-refractivity contribution in [3.63, 3.8) is 0 Å². The highest BCUT2D eigenvalue weighted by Gasteiger charge is 2.39. The Hall–Kier alpha value is -3.38. The standard InChI is InChI=1S/C23H45NO10Si.C17H28O7.C6H17NO3Si.4C5H14O3Si.2O2Si/c1-29-35(30-2,31-3)20-10-14-24-15-13-23(28)34-19-18-33-22(27)12-7-5-9-17-32-21(26)11-6-4-8-16-25;1-2-15(19)23-13-14-24-17(21)10-6-4-8-12-22-16(20)9-5-3-7-11-18;1-8-11(9-2,10-3)6-4-5-7;4*1-5-9(6-2,7-3)8-4;2*1-3-2/h24-25H,4-20H2,1-3H3;2,18H,1,3-14H2;4-7H2,1-3H3;4*5H2,1-4H3;;. The maximum Gasteiger partial charge on any atom is 0.549 e. The minimum absolute atomic E-state index is 0.0187. The summed E-state index contributed by atoms with van der Waals surface area (Å²) in [4.78, 5) is 68.4. The third-order valence-electron chi connectivity index (χ3n) is 15.4. The lowest BCUT2D eigenvalue weighted by molar-refractivity contribution is -0.152. The van der Waals surface area contributed by atoms with Gasteiger partial charge in [-0.3, -0.25) is 41.8 Å². The van der Waals surface area contributed by atoms with Gasteiger partial charge in [-0.05, 0) is 90.1 Å². The van der Waals surface area contributed by atoms with Crippen LogP contribution in [0.5, 0.6) is 0 Å². The molecule has 5 N–H and O–H groups in total. The monoisotopic (exact) mass is 1770 g/mol. The summed E-state index contributed by atoms with van der Waals surface area (Å²) in [5, 5.41) is 20.5. The van der Waals surface area contributed by atoms with Crippen molar-refractivity contribution in [1.82, 2.24) is 5.32 Å². The first kappa shape index (κ1) is 127. The SMILES string of the molecule is C=CC(=O)OCCOC(=O)CCCCCOC(=O)CCCCCO.CC[Si](OC)(OC)OC.CC[Si](OC)(OC)OC.CC[Si](OC)(OC)OC.CC[Si](OC)(OC)OC.CO[Si](CCCN)(OC)OC.CO[Si](CCCNCCC(=O)OCCOC(=O)CCCCCOC(=O)CCCCCO)(OC)OC.O=[Si]=O.O=[Si]=O. The summed E-state index contributed by atoms with van der Waals surface area (Å²) < 4.78 is 156. The van der Waals surface area contributed by atoms with Crippen molar-refractivity contribution in [2.45, 2.75) is 186 Å². The Morgan fingerprint density at radius 2 is 0.536 bits per heavy atom. The van der Waals surface area contributed by atoms with Gasteiger partial charge in [-0.1, -0.05) is 47.1 Å². The van der Waals surface area contributed by atoms with Crippen molar-refractivity contribution < 1.29 is 165 Å². The molecule has 0 aliphatic rings. The molecule has 0 spiro atoms. The average molecular weight is 1770 g/mol. The summed E-state index contributed by atoms with van der Waals surface area (Å²) in [7, 11) is 12.4. The first-order valence-electron chi connectivity index (χ1n) is 36.7. The summed E-state index contributed by atoms with van der Waals surface area (Å²) in [6.07, 6.45) is 12.9. The summed E-state index contributed by atoms with van der Waals surface area (Å²) >= 11 is 0. The van der Waals surface area contributed by atoms with Gasteiger partial charge in [0.1, 0.15) is 26.4 Å². The molecule has 0 aromatic rings. The highest BCUT2D eigenvalue weighted by molar-refractivity contribution is 6.62. The van der Waals surface area contributed by atoms with E-state index in [0.717, 1.165) is 87.7 Å². The fraction of sp³-hybridized carbons (Fsp3) is 0.879. The van der Waals surface area contributed by atoms with E-state index in [0.29, 0.717) is 90.3 Å². The number of aliphatic hydroxyl groups excluding tert-OH is 2. The Balaban J connectivity index is -0.000000169. The summed E-state index contributed by atoms with van der Waals surface area (Å²) in [6.45, 7) is 14.1. The fourth-order valence-electron chi connectivity index (χ4n) is 8.52. The predicted molar refractivity (Wildman–Crippen MR) is 426 cm³/mol. The molecule has 0 radical (unpaired) electrons. The van der Waals surface area contributed by atoms with Crippen LogP contribution in [-0.4, -0.2) is 318 Å². The lowest BCUT2D eigenvalue weighted by Crippen LogP contribution is -2.43. The number of carbonyl (C=O) groups is 6. The molecule has 112 heavy (non-hydrogen) atoms. The Labute approximate surface area is 679 Å². The Kier molecular flexibility index (Phi) is 105. The molecule has 0 saturated carbocycles. The van der Waals surface area contributed by atoms with Gasteiger partial charge >= 0.3 is 107 Å². The van der Waals surface area contributed by atoms with E-state index in [1.807, 2.05) is 27.7 Å². The normalized spacial score (nSPS) is 10.9. The van der Waals surface area contributed by atoms with Crippen molar-refractivity contribution in [2.75, 3.05) is 200 Å². The molecule has 0 aliphatic heterocycles. The summed E-state index contributed by atoms with van der Waals surface area (Å²) in [5.74, 6) is -2.03. The molecule has 0 heterocycles. The van der Waals surface area contributed by atoms with Crippen LogP contribution >= 0.6 is 0 Å². The van der Waals surface area contributed by atoms with Gasteiger partial charge in [-0.15, -0.1) is 0 Å². The zero-order chi connectivity index (χ0) is 87.7. The van der Waals surface area contributed by atoms with Crippen molar-refractivity contribution in [2.24, 2.45) is 5.73 Å². The molecule has 0 aliphatic carbocycles. The third-order valence-corrected chi connectivity index (χ3v) is 32.0. The third kappa shape index (κ3) is 77.8. The number of hydrogen-bond donors (Lipinski definition) is 4. The quantitative estimate of drug-likeness (QED) is 0.0168. The maximum atomic E-state index is 11.7. The van der Waals surface area contributed by atoms with E-state index in [2.05, 4.69) is 16.6 Å². The van der Waals surface area contributed by atoms with Gasteiger partial charge in [0.2, 0.25) is 0 Å². The van der Waals surface area contributed by atoms with E-state index in [-0.39, 0.29) is 88.8 Å². The number of esters is 6. The van der Waals surface area contributed by atoms with Crippen LogP contribution in [0.3, 0.4) is 0 Å². The molecule has 0 saturated heterocycles. The summed E-state index contributed by atoms with van der Waals surface area (Å²) in [5.41, 5.74) is 5.36. The van der Waals surface area contributed by atoms with Crippen molar-refractivity contribution >= 4 is 107 Å². The molecule has 0 fully saturated rings. The van der Waals surface area contributed by atoms with Crippen molar-refractivity contribution in [3.05, 3.63) is 12.7 Å². The number of unbranched alkanes of at least 4 members (excludes halogenated alkanes) is 8. The first-order valence-corrected chi connectivity index (χ1v) is 49.9. The van der Waals surface area contributed by atoms with Crippen LogP contribution in [-0.2, 0) is 155 Å². The van der Waals surface area contributed by atoms with Gasteiger partial charge in [-0.25, -0.2) is 4.79 Å². The minimum atomic E-state index is -2.55. The van der Waals surface area contributed by atoms with Crippen LogP contribution in [0.2, 0.25) is 36.3 Å². The van der Waals surface area contributed by atoms with Gasteiger partial charge in [0.15, 0.2) is 0 Å². The van der Waals surface area contributed by atoms with Gasteiger partial charge in [-0.2, -0.15) is 0 Å². The molecule has 38 nitrogen and oxygen atoms in total. The zero-order valence-corrected chi connectivity index (χ0v) is 79.6. The molecule has 0 aromatic heterocycles. The molecule has 668 valence electrons. The number of nitrogens with two attached hydrogens (primary N) is 1. The molecular weight excluding hydrogens is 1620 g/mol. The number of aliphatic hydroxyl groups is 2. The number of carbonyl (C=O) groups excluding carboxylic acids is 6. The molecule has 0 aromatic carbocycles. The summed E-state index contributed by atoms with van der Waals surface area (Å²) in [6, 6.07) is 4.73. The van der Waals surface area contributed by atoms with Crippen molar-refractivity contribution in [1.29, 1.82) is 0 Å². The second-order valence-electron chi connectivity index (χ2n) is 22.0. The van der Waals surface area contributed by atoms with Gasteiger partial charge < -0.3 is 129 Å². The highest BCUT2D eigenvalue weighted by Crippen LogP contribution is 2.17. The van der Waals surface area contributed by atoms with E-state index in [1.54, 1.807) is 128 Å². The molecule has 0 amide bonds. The molecule has 0 rings (SSSR count). The lowest BCUT2D eigenvalue weighted by atomic mass is 10.2. The van der Waals surface area contributed by atoms with Crippen LogP contribution < -0.4 is 11.1 Å². The average Bonchev–Trinajstić information content (AvgIpc) is 0.911. The second-order valence-corrected chi connectivity index (χ2v) is 41.7. The lowest BCUT2D eigenvalue weighted by Gasteiger charge is -2.24. The predicted octanol–water partition coefficient (Wildman–Crippen LogP) is 6.41. The Bertz CT molecular complexity index is 2020. The van der Waals surface area contributed by atoms with E-state index in [4.69, 9.17) is 137 Å². The van der Waals surface area contributed by atoms with Crippen LogP contribution in [0.4, 0.5) is 0 Å². The van der Waals surface area contributed by atoms with E-state index in [1.165, 1.54) is 0 Å². The minimum Gasteiger partial charge on any atom is -0.466 e. The van der Waals surface area contributed by atoms with Crippen LogP contribution in [0.15, 0.2) is 12.7 Å². The number of nitrogens with one attached hydrogen (secondary N) is 1. The second kappa shape index (κ2) is 93.1. The van der Waals surface area contributed by atoms with Crippen LogP contribution in [0.25, 0.3) is 0 Å². The van der Waals surface area contributed by atoms with E-state index >= 15 is 0 Å². The topological polar surface area (TPSA) is 471 Å². The van der Waals surface area contributed by atoms with Crippen molar-refractivity contribution in [3.8, 4) is 0 Å². The molecule has 0 atom stereocenters. The van der Waals surface area contributed by atoms with Crippen LogP contribution in [0.1, 0.15) is 150 Å². The van der Waals surface area contributed by atoms with E-state index < -0.39 is 77.4 Å². The zero-order valence-electron chi connectivity index (χ0n) is 71.6. The Morgan fingerprint density at radius 3 is 0.750 bits per heavy atom. The molecular formula is C66H146N2O36Si8. The number of rotatable bonds is 61. The molecule has 46 heteroatoms. The maximum absolute atomic E-state index is 11.7. The largest absolute Gasteiger partial charge is 0.549 e. The Morgan fingerprint density at radius 1 is 0.312 bits per heavy atom. The number of ether oxygens (including phenoxy) is 6. The van der Waals surface area contributed by atoms with E-state index in [9.17, 15) is 28.8 Å². The number of hydrogen-bond acceptors (Lipinski definition) is 38. The van der Waals surface area contributed by atoms with Gasteiger partial charge in [0.25, 0.3) is 0 Å². The molecule has 0 bridgehead atoms. The van der Waals surface area contributed by atoms with Gasteiger partial charge in [0.05, 0.1) is 19.6 Å². The van der Waals surface area contributed by atoms with Gasteiger partial charge in [0, 0.05) is 216 Å². The van der Waals surface area contributed by atoms with Crippen LogP contribution in [0, 0.1) is 0 Å². The first-order chi connectivity index (χ1) is 53.6. The highest BCUT2D eigenvalue weighted by atomic mass is 28.4. The molecule has 0 unspecified atom stereocenters. The fourth-order valence-corrected chi connectivity index (χ4v) is 17.5. The smallest absolute Gasteiger partial charge is 0.466 e.